The normalized spacial score (nSPS) is 16.3. The number of hydrogen-bond acceptors (Lipinski definition) is 3. The molecule has 1 atom stereocenters. The van der Waals surface area contributed by atoms with Gasteiger partial charge in [0.2, 0.25) is 10.0 Å². The predicted octanol–water partition coefficient (Wildman–Crippen LogP) is 4.30. The van der Waals surface area contributed by atoms with Crippen LogP contribution in [-0.4, -0.2) is 42.7 Å². The third-order valence-corrected chi connectivity index (χ3v) is 7.51. The molecule has 5 nitrogen and oxygen atoms in total. The Kier molecular flexibility index (Phi) is 7.09. The zero-order chi connectivity index (χ0) is 20.9. The number of sulfonamides is 1. The van der Waals surface area contributed by atoms with Crippen LogP contribution in [0.4, 0.5) is 0 Å². The molecule has 0 spiro atoms. The highest BCUT2D eigenvalue weighted by atomic mass is 32.2. The Bertz CT molecular complexity index is 922. The van der Waals surface area contributed by atoms with Gasteiger partial charge in [0, 0.05) is 31.2 Å². The van der Waals surface area contributed by atoms with Gasteiger partial charge in [-0.1, -0.05) is 49.7 Å². The van der Waals surface area contributed by atoms with Gasteiger partial charge in [-0.05, 0) is 49.9 Å². The molecule has 1 aliphatic heterocycles. The first-order valence-corrected chi connectivity index (χ1v) is 11.8. The van der Waals surface area contributed by atoms with Gasteiger partial charge in [0.25, 0.3) is 5.91 Å². The molecule has 0 aromatic heterocycles. The van der Waals surface area contributed by atoms with E-state index in [9.17, 15) is 13.2 Å². The molecule has 0 radical (unpaired) electrons. The highest BCUT2D eigenvalue weighted by Crippen LogP contribution is 2.23. The lowest BCUT2D eigenvalue weighted by Crippen LogP contribution is -2.38. The topological polar surface area (TPSA) is 57.7 Å². The number of carbonyl (C=O) groups excluding carboxylic acids is 1. The maximum atomic E-state index is 13.3. The molecule has 1 fully saturated rings. The summed E-state index contributed by atoms with van der Waals surface area (Å²) < 4.78 is 27.6. The van der Waals surface area contributed by atoms with Crippen LogP contribution in [0.25, 0.3) is 0 Å². The molecule has 1 amide bonds. The monoisotopic (exact) mass is 414 g/mol. The lowest BCUT2D eigenvalue weighted by Gasteiger charge is -2.29. The Morgan fingerprint density at radius 1 is 1.03 bits per heavy atom. The fourth-order valence-corrected chi connectivity index (χ4v) is 5.20. The van der Waals surface area contributed by atoms with E-state index in [4.69, 9.17) is 0 Å². The smallest absolute Gasteiger partial charge is 0.254 e. The van der Waals surface area contributed by atoms with Gasteiger partial charge in [0.05, 0.1) is 4.90 Å². The molecule has 1 aliphatic rings. The van der Waals surface area contributed by atoms with Gasteiger partial charge in [-0.25, -0.2) is 8.42 Å². The van der Waals surface area contributed by atoms with Crippen molar-refractivity contribution in [2.75, 3.05) is 13.1 Å². The van der Waals surface area contributed by atoms with Crippen LogP contribution in [-0.2, 0) is 16.6 Å². The van der Waals surface area contributed by atoms with Gasteiger partial charge >= 0.3 is 0 Å². The zero-order valence-electron chi connectivity index (χ0n) is 17.3. The van der Waals surface area contributed by atoms with Gasteiger partial charge in [-0.15, -0.1) is 0 Å². The van der Waals surface area contributed by atoms with Crippen molar-refractivity contribution >= 4 is 15.9 Å². The summed E-state index contributed by atoms with van der Waals surface area (Å²) in [6, 6.07) is 16.4. The average Bonchev–Trinajstić information content (AvgIpc) is 2.78. The summed E-state index contributed by atoms with van der Waals surface area (Å²) in [5.41, 5.74) is 1.47. The predicted molar refractivity (Wildman–Crippen MR) is 115 cm³/mol. The molecule has 0 saturated carbocycles. The maximum Gasteiger partial charge on any atom is 0.254 e. The molecule has 2 aromatic rings. The van der Waals surface area contributed by atoms with Crippen molar-refractivity contribution in [2.45, 2.75) is 57.0 Å². The van der Waals surface area contributed by atoms with E-state index in [0.717, 1.165) is 31.2 Å². The van der Waals surface area contributed by atoms with Crippen molar-refractivity contribution in [3.8, 4) is 0 Å². The summed E-state index contributed by atoms with van der Waals surface area (Å²) in [4.78, 5) is 15.3. The van der Waals surface area contributed by atoms with Gasteiger partial charge in [-0.3, -0.25) is 4.79 Å². The molecule has 0 bridgehead atoms. The number of benzene rings is 2. The molecule has 0 aliphatic carbocycles. The number of piperidine rings is 1. The quantitative estimate of drug-likeness (QED) is 0.679. The van der Waals surface area contributed by atoms with Crippen molar-refractivity contribution in [1.82, 2.24) is 9.21 Å². The van der Waals surface area contributed by atoms with E-state index in [2.05, 4.69) is 0 Å². The van der Waals surface area contributed by atoms with E-state index >= 15 is 0 Å². The maximum absolute atomic E-state index is 13.3. The Balaban J connectivity index is 1.88. The third kappa shape index (κ3) is 5.06. The second-order valence-corrected chi connectivity index (χ2v) is 9.61. The van der Waals surface area contributed by atoms with Crippen LogP contribution in [0.2, 0.25) is 0 Å². The van der Waals surface area contributed by atoms with Crippen LogP contribution >= 0.6 is 0 Å². The lowest BCUT2D eigenvalue weighted by molar-refractivity contribution is 0.0671. The molecule has 0 N–H and O–H groups in total. The second-order valence-electron chi connectivity index (χ2n) is 7.67. The van der Waals surface area contributed by atoms with Crippen LogP contribution < -0.4 is 0 Å². The molecule has 1 heterocycles. The number of amides is 1. The Hall–Kier alpha value is -2.18. The summed E-state index contributed by atoms with van der Waals surface area (Å²) in [5, 5.41) is 0. The van der Waals surface area contributed by atoms with E-state index in [0.29, 0.717) is 25.2 Å². The van der Waals surface area contributed by atoms with Crippen molar-refractivity contribution in [3.63, 3.8) is 0 Å². The summed E-state index contributed by atoms with van der Waals surface area (Å²) in [6.07, 6.45) is 3.66. The molecular formula is C23H30N2O3S. The molecule has 1 saturated heterocycles. The minimum Gasteiger partial charge on any atom is -0.332 e. The fraction of sp³-hybridized carbons (Fsp3) is 0.435. The minimum absolute atomic E-state index is 0.0464. The van der Waals surface area contributed by atoms with Crippen molar-refractivity contribution in [1.29, 1.82) is 0 Å². The van der Waals surface area contributed by atoms with Gasteiger partial charge in [0.1, 0.15) is 0 Å². The molecule has 2 aromatic carbocycles. The summed E-state index contributed by atoms with van der Waals surface area (Å²) in [5.74, 6) is -0.140. The summed E-state index contributed by atoms with van der Waals surface area (Å²) >= 11 is 0. The first kappa shape index (κ1) is 21.5. The van der Waals surface area contributed by atoms with Crippen molar-refractivity contribution in [3.05, 3.63) is 65.7 Å². The zero-order valence-corrected chi connectivity index (χ0v) is 18.1. The SMILES string of the molecule is CC[C@H](C)N(Cc1ccccc1)C(=O)c1cccc(S(=O)(=O)N2CCCCC2)c1. The first-order valence-electron chi connectivity index (χ1n) is 10.4. The number of rotatable bonds is 7. The van der Waals surface area contributed by atoms with Crippen LogP contribution in [0.3, 0.4) is 0 Å². The second kappa shape index (κ2) is 9.55. The number of nitrogens with zero attached hydrogens (tertiary/aromatic N) is 2. The lowest BCUT2D eigenvalue weighted by atomic mass is 10.1. The molecular weight excluding hydrogens is 384 g/mol. The van der Waals surface area contributed by atoms with Gasteiger partial charge < -0.3 is 4.90 Å². The Labute approximate surface area is 174 Å². The Morgan fingerprint density at radius 3 is 2.38 bits per heavy atom. The molecule has 156 valence electrons. The van der Waals surface area contributed by atoms with E-state index in [1.165, 1.54) is 10.4 Å². The number of hydrogen-bond donors (Lipinski definition) is 0. The molecule has 0 unspecified atom stereocenters. The van der Waals surface area contributed by atoms with Gasteiger partial charge in [-0.2, -0.15) is 4.31 Å². The first-order chi connectivity index (χ1) is 13.9. The minimum atomic E-state index is -3.57. The van der Waals surface area contributed by atoms with Crippen LogP contribution in [0.1, 0.15) is 55.5 Å². The summed E-state index contributed by atoms with van der Waals surface area (Å²) in [6.45, 7) is 5.67. The van der Waals surface area contributed by atoms with E-state index in [-0.39, 0.29) is 16.8 Å². The van der Waals surface area contributed by atoms with Gasteiger partial charge in [0.15, 0.2) is 0 Å². The molecule has 6 heteroatoms. The van der Waals surface area contributed by atoms with Crippen molar-refractivity contribution in [2.24, 2.45) is 0 Å². The number of carbonyl (C=O) groups is 1. The average molecular weight is 415 g/mol. The van der Waals surface area contributed by atoms with E-state index < -0.39 is 10.0 Å². The van der Waals surface area contributed by atoms with E-state index in [1.54, 1.807) is 18.2 Å². The van der Waals surface area contributed by atoms with Crippen LogP contribution in [0.15, 0.2) is 59.5 Å². The van der Waals surface area contributed by atoms with E-state index in [1.807, 2.05) is 49.1 Å². The molecule has 29 heavy (non-hydrogen) atoms. The highest BCUT2D eigenvalue weighted by Gasteiger charge is 2.27. The summed E-state index contributed by atoms with van der Waals surface area (Å²) in [7, 11) is -3.57. The third-order valence-electron chi connectivity index (χ3n) is 5.61. The van der Waals surface area contributed by atoms with Crippen LogP contribution in [0.5, 0.6) is 0 Å². The van der Waals surface area contributed by atoms with Crippen molar-refractivity contribution < 1.29 is 13.2 Å². The standard InChI is InChI=1S/C23H30N2O3S/c1-3-19(2)25(18-20-11-6-4-7-12-20)23(26)21-13-10-14-22(17-21)29(27,28)24-15-8-5-9-16-24/h4,6-7,10-14,17,19H,3,5,8-9,15-16,18H2,1-2H3/t19-/m0/s1. The largest absolute Gasteiger partial charge is 0.332 e. The van der Waals surface area contributed by atoms with Crippen LogP contribution in [0, 0.1) is 0 Å². The molecule has 3 rings (SSSR count). The highest BCUT2D eigenvalue weighted by molar-refractivity contribution is 7.89. The fourth-order valence-electron chi connectivity index (χ4n) is 3.64. The Morgan fingerprint density at radius 2 is 1.72 bits per heavy atom.